The van der Waals surface area contributed by atoms with Crippen molar-refractivity contribution in [1.29, 1.82) is 0 Å². The fourth-order valence-electron chi connectivity index (χ4n) is 2.02. The summed E-state index contributed by atoms with van der Waals surface area (Å²) < 4.78 is 0. The van der Waals surface area contributed by atoms with Gasteiger partial charge in [0.25, 0.3) is 0 Å². The van der Waals surface area contributed by atoms with Crippen LogP contribution in [0.1, 0.15) is 25.8 Å². The molecule has 0 bridgehead atoms. The molecule has 110 valence electrons. The van der Waals surface area contributed by atoms with E-state index < -0.39 is 23.3 Å². The van der Waals surface area contributed by atoms with Crippen molar-refractivity contribution in [2.45, 2.75) is 25.7 Å². The third-order valence-corrected chi connectivity index (χ3v) is 4.49. The Morgan fingerprint density at radius 2 is 1.80 bits per heavy atom. The summed E-state index contributed by atoms with van der Waals surface area (Å²) in [6.45, 7) is 3.83. The van der Waals surface area contributed by atoms with Gasteiger partial charge in [0.1, 0.15) is 0 Å². The smallest absolute Gasteiger partial charge is 0.308 e. The summed E-state index contributed by atoms with van der Waals surface area (Å²) in [6, 6.07) is 9.55. The van der Waals surface area contributed by atoms with Crippen LogP contribution in [0.3, 0.4) is 0 Å². The van der Waals surface area contributed by atoms with E-state index >= 15 is 0 Å². The van der Waals surface area contributed by atoms with Crippen molar-refractivity contribution in [3.63, 3.8) is 0 Å². The quantitative estimate of drug-likeness (QED) is 0.722. The molecule has 1 unspecified atom stereocenters. The van der Waals surface area contributed by atoms with Crippen molar-refractivity contribution in [2.24, 2.45) is 5.92 Å². The Labute approximate surface area is 123 Å². The average molecular weight is 296 g/mol. The predicted octanol–water partition coefficient (Wildman–Crippen LogP) is 2.87. The largest absolute Gasteiger partial charge is 0.481 e. The van der Waals surface area contributed by atoms with Crippen LogP contribution in [0.4, 0.5) is 0 Å². The number of thioether (sulfide) groups is 1. The first-order chi connectivity index (χ1) is 9.35. The van der Waals surface area contributed by atoms with Crippen LogP contribution in [0.5, 0.6) is 0 Å². The van der Waals surface area contributed by atoms with Gasteiger partial charge in [0, 0.05) is 16.9 Å². The summed E-state index contributed by atoms with van der Waals surface area (Å²) in [6.07, 6.45) is 0.0583. The monoisotopic (exact) mass is 296 g/mol. The van der Waals surface area contributed by atoms with Gasteiger partial charge in [0.05, 0.1) is 12.3 Å². The number of hydrogen-bond acceptors (Lipinski definition) is 3. The second kappa shape index (κ2) is 7.33. The average Bonchev–Trinajstić information content (AvgIpc) is 2.38. The molecule has 1 aromatic carbocycles. The number of carbonyl (C=O) groups is 2. The van der Waals surface area contributed by atoms with Gasteiger partial charge in [-0.3, -0.25) is 9.59 Å². The fraction of sp³-hybridized carbons (Fsp3) is 0.467. The minimum absolute atomic E-state index is 0.0583. The Balaban J connectivity index is 2.74. The molecule has 0 aliphatic rings. The van der Waals surface area contributed by atoms with Crippen molar-refractivity contribution in [3.05, 3.63) is 35.9 Å². The zero-order chi connectivity index (χ0) is 15.2. The Hall–Kier alpha value is -1.49. The number of carboxylic acid groups (broad SMARTS) is 2. The highest BCUT2D eigenvalue weighted by molar-refractivity contribution is 7.99. The summed E-state index contributed by atoms with van der Waals surface area (Å²) in [5.41, 5.74) is 0.481. The molecule has 0 heterocycles. The molecule has 2 N–H and O–H groups in total. The molecule has 1 rings (SSSR count). The molecule has 0 radical (unpaired) electrons. The lowest BCUT2D eigenvalue weighted by atomic mass is 9.74. The van der Waals surface area contributed by atoms with E-state index in [9.17, 15) is 14.7 Å². The van der Waals surface area contributed by atoms with Crippen LogP contribution in [0.25, 0.3) is 0 Å². The van der Waals surface area contributed by atoms with Gasteiger partial charge in [-0.15, -0.1) is 0 Å². The molecule has 0 saturated carbocycles. The van der Waals surface area contributed by atoms with Crippen LogP contribution in [0.2, 0.25) is 0 Å². The summed E-state index contributed by atoms with van der Waals surface area (Å²) in [5.74, 6) is -1.41. The molecule has 5 heteroatoms. The third kappa shape index (κ3) is 4.56. The Morgan fingerprint density at radius 1 is 1.20 bits per heavy atom. The normalized spacial score (nSPS) is 12.9. The summed E-state index contributed by atoms with van der Waals surface area (Å²) in [7, 11) is 0. The lowest BCUT2D eigenvalue weighted by molar-refractivity contribution is -0.143. The highest BCUT2D eigenvalue weighted by atomic mass is 32.2. The second-order valence-corrected chi connectivity index (χ2v) is 6.35. The Bertz CT molecular complexity index is 456. The van der Waals surface area contributed by atoms with E-state index in [0.717, 1.165) is 5.56 Å². The van der Waals surface area contributed by atoms with E-state index in [1.54, 1.807) is 0 Å². The van der Waals surface area contributed by atoms with Crippen molar-refractivity contribution >= 4 is 23.7 Å². The van der Waals surface area contributed by atoms with E-state index in [2.05, 4.69) is 0 Å². The first kappa shape index (κ1) is 16.6. The van der Waals surface area contributed by atoms with E-state index in [0.29, 0.717) is 11.5 Å². The maximum atomic E-state index is 11.5. The number of aliphatic carboxylic acids is 2. The molecule has 0 amide bonds. The highest BCUT2D eigenvalue weighted by Crippen LogP contribution is 2.34. The van der Waals surface area contributed by atoms with E-state index in [1.165, 1.54) is 11.8 Å². The van der Waals surface area contributed by atoms with Gasteiger partial charge >= 0.3 is 11.9 Å². The Kier molecular flexibility index (Phi) is 6.07. The van der Waals surface area contributed by atoms with Crippen molar-refractivity contribution in [1.82, 2.24) is 0 Å². The maximum Gasteiger partial charge on any atom is 0.308 e. The van der Waals surface area contributed by atoms with Crippen LogP contribution in [0, 0.1) is 5.92 Å². The number of carboxylic acids is 2. The molecular weight excluding hydrogens is 276 g/mol. The van der Waals surface area contributed by atoms with Crippen LogP contribution >= 0.6 is 11.8 Å². The van der Waals surface area contributed by atoms with E-state index in [4.69, 9.17) is 5.11 Å². The maximum absolute atomic E-state index is 11.5. The lowest BCUT2D eigenvalue weighted by Crippen LogP contribution is -2.36. The minimum Gasteiger partial charge on any atom is -0.481 e. The fourth-order valence-corrected chi connectivity index (χ4v) is 3.30. The molecule has 0 aromatic heterocycles. The number of benzene rings is 1. The first-order valence-corrected chi connectivity index (χ1v) is 7.59. The molecule has 0 aliphatic carbocycles. The summed E-state index contributed by atoms with van der Waals surface area (Å²) in [4.78, 5) is 22.0. The van der Waals surface area contributed by atoms with Crippen LogP contribution in [-0.2, 0) is 15.0 Å². The second-order valence-electron chi connectivity index (χ2n) is 5.20. The molecule has 0 saturated heterocycles. The predicted molar refractivity (Wildman–Crippen MR) is 80.2 cm³/mol. The van der Waals surface area contributed by atoms with Crippen LogP contribution in [-0.4, -0.2) is 33.7 Å². The molecule has 4 nitrogen and oxygen atoms in total. The molecule has 0 spiro atoms. The number of rotatable bonds is 8. The Morgan fingerprint density at radius 3 is 2.30 bits per heavy atom. The van der Waals surface area contributed by atoms with Crippen molar-refractivity contribution in [3.8, 4) is 0 Å². The lowest BCUT2D eigenvalue weighted by Gasteiger charge is -2.32. The molecule has 0 fully saturated rings. The highest BCUT2D eigenvalue weighted by Gasteiger charge is 2.36. The molecule has 1 atom stereocenters. The molecule has 0 aliphatic heterocycles. The van der Waals surface area contributed by atoms with Gasteiger partial charge in [-0.2, -0.15) is 11.8 Å². The van der Waals surface area contributed by atoms with Gasteiger partial charge < -0.3 is 10.2 Å². The topological polar surface area (TPSA) is 74.6 Å². The standard InChI is InChI=1S/C15H20O4S/c1-15(2,11-6-4-3-5-7-11)12(14(18)19)10-20-9-8-13(16)17/h3-7,12H,8-10H2,1-2H3,(H,16,17)(H,18,19). The SMILES string of the molecule is CC(C)(c1ccccc1)C(CSCCC(=O)O)C(=O)O. The van der Waals surface area contributed by atoms with Crippen molar-refractivity contribution < 1.29 is 19.8 Å². The third-order valence-electron chi connectivity index (χ3n) is 3.43. The van der Waals surface area contributed by atoms with E-state index in [-0.39, 0.29) is 6.42 Å². The van der Waals surface area contributed by atoms with Gasteiger partial charge in [-0.05, 0) is 5.56 Å². The first-order valence-electron chi connectivity index (χ1n) is 6.43. The molecular formula is C15H20O4S. The zero-order valence-corrected chi connectivity index (χ0v) is 12.5. The van der Waals surface area contributed by atoms with Gasteiger partial charge in [0.15, 0.2) is 0 Å². The zero-order valence-electron chi connectivity index (χ0n) is 11.7. The molecule has 1 aromatic rings. The number of hydrogen-bond donors (Lipinski definition) is 2. The van der Waals surface area contributed by atoms with Gasteiger partial charge in [0.2, 0.25) is 0 Å². The molecule has 20 heavy (non-hydrogen) atoms. The van der Waals surface area contributed by atoms with Crippen LogP contribution in [0.15, 0.2) is 30.3 Å². The van der Waals surface area contributed by atoms with E-state index in [1.807, 2.05) is 44.2 Å². The van der Waals surface area contributed by atoms with Crippen molar-refractivity contribution in [2.75, 3.05) is 11.5 Å². The van der Waals surface area contributed by atoms with Crippen LogP contribution < -0.4 is 0 Å². The van der Waals surface area contributed by atoms with Gasteiger partial charge in [-0.1, -0.05) is 44.2 Å². The minimum atomic E-state index is -0.855. The summed E-state index contributed by atoms with van der Waals surface area (Å²) >= 11 is 1.38. The summed E-state index contributed by atoms with van der Waals surface area (Å²) in [5, 5.41) is 18.0. The van der Waals surface area contributed by atoms with Gasteiger partial charge in [-0.25, -0.2) is 0 Å².